The highest BCUT2D eigenvalue weighted by molar-refractivity contribution is 5.86. The zero-order valence-electron chi connectivity index (χ0n) is 12.6. The second-order valence-corrected chi connectivity index (χ2v) is 6.44. The molecule has 1 fully saturated rings. The van der Waals surface area contributed by atoms with E-state index in [1.165, 1.54) is 12.1 Å². The molecule has 110 valence electrons. The van der Waals surface area contributed by atoms with Gasteiger partial charge < -0.3 is 5.32 Å². The molecule has 0 bridgehead atoms. The Morgan fingerprint density at radius 2 is 2.20 bits per heavy atom. The van der Waals surface area contributed by atoms with Crippen LogP contribution in [0.2, 0.25) is 0 Å². The molecule has 0 saturated carbocycles. The molecular weight excluding hydrogens is 253 g/mol. The number of halogens is 1. The van der Waals surface area contributed by atoms with Crippen molar-refractivity contribution < 1.29 is 9.18 Å². The fourth-order valence-corrected chi connectivity index (χ4v) is 2.95. The Balaban J connectivity index is 2.09. The highest BCUT2D eigenvalue weighted by Crippen LogP contribution is 2.34. The van der Waals surface area contributed by atoms with Crippen LogP contribution in [0, 0.1) is 24.1 Å². The van der Waals surface area contributed by atoms with Crippen molar-refractivity contribution >= 4 is 5.78 Å². The van der Waals surface area contributed by atoms with Crippen molar-refractivity contribution in [2.45, 2.75) is 40.0 Å². The average Bonchev–Trinajstić information content (AvgIpc) is 2.42. The van der Waals surface area contributed by atoms with Gasteiger partial charge >= 0.3 is 0 Å². The molecule has 1 aromatic rings. The van der Waals surface area contributed by atoms with Crippen molar-refractivity contribution in [1.29, 1.82) is 0 Å². The molecule has 1 unspecified atom stereocenters. The van der Waals surface area contributed by atoms with Gasteiger partial charge in [0.15, 0.2) is 0 Å². The summed E-state index contributed by atoms with van der Waals surface area (Å²) in [5.41, 5.74) is 1.47. The lowest BCUT2D eigenvalue weighted by Crippen LogP contribution is -2.43. The van der Waals surface area contributed by atoms with Crippen LogP contribution in [-0.4, -0.2) is 18.9 Å². The van der Waals surface area contributed by atoms with Crippen LogP contribution in [-0.2, 0) is 11.2 Å². The molecule has 0 radical (unpaired) electrons. The molecule has 0 amide bonds. The largest absolute Gasteiger partial charge is 0.316 e. The lowest BCUT2D eigenvalue weighted by molar-refractivity contribution is -0.129. The zero-order chi connectivity index (χ0) is 14.8. The van der Waals surface area contributed by atoms with Gasteiger partial charge in [-0.15, -0.1) is 0 Å². The number of ketones is 1. The topological polar surface area (TPSA) is 29.1 Å². The third kappa shape index (κ3) is 3.26. The molecule has 2 nitrogen and oxygen atoms in total. The van der Waals surface area contributed by atoms with E-state index < -0.39 is 0 Å². The molecule has 0 spiro atoms. The Hall–Kier alpha value is -1.22. The van der Waals surface area contributed by atoms with Crippen LogP contribution in [0.5, 0.6) is 0 Å². The van der Waals surface area contributed by atoms with Gasteiger partial charge in [0, 0.05) is 11.8 Å². The Bertz CT molecular complexity index is 490. The predicted molar refractivity (Wildman–Crippen MR) is 79.2 cm³/mol. The molecule has 1 heterocycles. The molecular formula is C17H24FNO. The summed E-state index contributed by atoms with van der Waals surface area (Å²) in [7, 11) is 0. The maximum Gasteiger partial charge on any atom is 0.143 e. The molecule has 1 aliphatic rings. The lowest BCUT2D eigenvalue weighted by atomic mass is 9.70. The predicted octanol–water partition coefficient (Wildman–Crippen LogP) is 3.27. The van der Waals surface area contributed by atoms with E-state index in [4.69, 9.17) is 0 Å². The maximum absolute atomic E-state index is 13.1. The Kier molecular flexibility index (Phi) is 4.59. The molecule has 1 aromatic carbocycles. The summed E-state index contributed by atoms with van der Waals surface area (Å²) in [4.78, 5) is 12.6. The molecule has 0 aromatic heterocycles. The average molecular weight is 277 g/mol. The van der Waals surface area contributed by atoms with Crippen LogP contribution in [0.15, 0.2) is 18.2 Å². The first-order chi connectivity index (χ1) is 9.41. The highest BCUT2D eigenvalue weighted by atomic mass is 19.1. The van der Waals surface area contributed by atoms with Gasteiger partial charge in [-0.2, -0.15) is 0 Å². The monoisotopic (exact) mass is 277 g/mol. The molecule has 20 heavy (non-hydrogen) atoms. The number of piperidine rings is 1. The van der Waals surface area contributed by atoms with E-state index >= 15 is 0 Å². The molecule has 0 aliphatic carbocycles. The van der Waals surface area contributed by atoms with E-state index in [9.17, 15) is 9.18 Å². The van der Waals surface area contributed by atoms with Crippen LogP contribution >= 0.6 is 0 Å². The summed E-state index contributed by atoms with van der Waals surface area (Å²) < 4.78 is 13.1. The first kappa shape index (κ1) is 15.2. The smallest absolute Gasteiger partial charge is 0.143 e. The van der Waals surface area contributed by atoms with Crippen molar-refractivity contribution in [2.24, 2.45) is 11.3 Å². The minimum absolute atomic E-state index is 0.241. The second kappa shape index (κ2) is 6.04. The van der Waals surface area contributed by atoms with E-state index in [-0.39, 0.29) is 17.0 Å². The van der Waals surface area contributed by atoms with Crippen LogP contribution in [0.1, 0.15) is 37.8 Å². The van der Waals surface area contributed by atoms with Gasteiger partial charge in [-0.05, 0) is 62.0 Å². The number of carbonyl (C=O) groups excluding carboxylic acids is 1. The van der Waals surface area contributed by atoms with Crippen molar-refractivity contribution in [1.82, 2.24) is 5.32 Å². The van der Waals surface area contributed by atoms with Gasteiger partial charge in [0.2, 0.25) is 0 Å². The van der Waals surface area contributed by atoms with Crippen LogP contribution in [0.4, 0.5) is 4.39 Å². The summed E-state index contributed by atoms with van der Waals surface area (Å²) >= 11 is 0. The molecule has 1 aliphatic heterocycles. The Morgan fingerprint density at radius 1 is 1.45 bits per heavy atom. The fraction of sp³-hybridized carbons (Fsp3) is 0.588. The van der Waals surface area contributed by atoms with Crippen molar-refractivity contribution in [3.05, 3.63) is 35.1 Å². The molecule has 1 atom stereocenters. The minimum atomic E-state index is -0.325. The van der Waals surface area contributed by atoms with E-state index in [1.54, 1.807) is 6.07 Å². The fourth-order valence-electron chi connectivity index (χ4n) is 2.95. The number of hydrogen-bond acceptors (Lipinski definition) is 2. The quantitative estimate of drug-likeness (QED) is 0.915. The van der Waals surface area contributed by atoms with Crippen LogP contribution < -0.4 is 5.32 Å². The molecule has 1 N–H and O–H groups in total. The zero-order valence-corrected chi connectivity index (χ0v) is 12.6. The number of benzene rings is 1. The maximum atomic E-state index is 13.1. The number of rotatable bonds is 4. The number of nitrogens with one attached hydrogen (secondary N) is 1. The number of aryl methyl sites for hydroxylation is 1. The SMILES string of the molecule is Cc1cc(F)ccc1CC(=O)C(C)(C)C1CCCNC1. The van der Waals surface area contributed by atoms with E-state index in [2.05, 4.69) is 5.32 Å². The third-order valence-corrected chi connectivity index (χ3v) is 4.69. The summed E-state index contributed by atoms with van der Waals surface area (Å²) in [5.74, 6) is 0.403. The van der Waals surface area contributed by atoms with Crippen molar-refractivity contribution in [3.8, 4) is 0 Å². The Labute approximate surface area is 120 Å². The number of carbonyl (C=O) groups is 1. The Morgan fingerprint density at radius 3 is 2.80 bits per heavy atom. The van der Waals surface area contributed by atoms with Gasteiger partial charge in [-0.1, -0.05) is 19.9 Å². The first-order valence-corrected chi connectivity index (χ1v) is 7.40. The van der Waals surface area contributed by atoms with Gasteiger partial charge in [-0.3, -0.25) is 4.79 Å². The normalized spacial score (nSPS) is 19.9. The summed E-state index contributed by atoms with van der Waals surface area (Å²) in [6, 6.07) is 4.67. The summed E-state index contributed by atoms with van der Waals surface area (Å²) in [6.07, 6.45) is 2.64. The van der Waals surface area contributed by atoms with Gasteiger partial charge in [-0.25, -0.2) is 4.39 Å². The van der Waals surface area contributed by atoms with Gasteiger partial charge in [0.25, 0.3) is 0 Å². The van der Waals surface area contributed by atoms with E-state index in [1.807, 2.05) is 20.8 Å². The van der Waals surface area contributed by atoms with Crippen LogP contribution in [0.3, 0.4) is 0 Å². The summed E-state index contributed by atoms with van der Waals surface area (Å²) in [6.45, 7) is 7.93. The van der Waals surface area contributed by atoms with E-state index in [0.29, 0.717) is 12.3 Å². The highest BCUT2D eigenvalue weighted by Gasteiger charge is 2.36. The van der Waals surface area contributed by atoms with Gasteiger partial charge in [0.1, 0.15) is 11.6 Å². The number of hydrogen-bond donors (Lipinski definition) is 1. The molecule has 3 heteroatoms. The third-order valence-electron chi connectivity index (χ3n) is 4.69. The summed E-state index contributed by atoms with van der Waals surface area (Å²) in [5, 5.41) is 3.38. The van der Waals surface area contributed by atoms with Crippen molar-refractivity contribution in [2.75, 3.05) is 13.1 Å². The molecule has 2 rings (SSSR count). The molecule has 1 saturated heterocycles. The second-order valence-electron chi connectivity index (χ2n) is 6.44. The lowest BCUT2D eigenvalue weighted by Gasteiger charge is -2.36. The van der Waals surface area contributed by atoms with Crippen molar-refractivity contribution in [3.63, 3.8) is 0 Å². The van der Waals surface area contributed by atoms with E-state index in [0.717, 1.165) is 37.1 Å². The number of Topliss-reactive ketones (excluding diaryl/α,β-unsaturated/α-hetero) is 1. The van der Waals surface area contributed by atoms with Crippen LogP contribution in [0.25, 0.3) is 0 Å². The minimum Gasteiger partial charge on any atom is -0.316 e. The first-order valence-electron chi connectivity index (χ1n) is 7.40. The van der Waals surface area contributed by atoms with Gasteiger partial charge in [0.05, 0.1) is 0 Å². The standard InChI is InChI=1S/C17H24FNO/c1-12-9-15(18)7-6-13(12)10-16(20)17(2,3)14-5-4-8-19-11-14/h6-7,9,14,19H,4-5,8,10-11H2,1-3H3.